The largest absolute Gasteiger partial charge is 0.494 e. The summed E-state index contributed by atoms with van der Waals surface area (Å²) in [4.78, 5) is 15.2. The molecule has 0 aliphatic heterocycles. The Morgan fingerprint density at radius 1 is 1.20 bits per heavy atom. The number of pyridine rings is 1. The maximum atomic E-state index is 5.87. The third-order valence-electron chi connectivity index (χ3n) is 4.25. The first-order valence-corrected chi connectivity index (χ1v) is 10.6. The van der Waals surface area contributed by atoms with Gasteiger partial charge in [0.2, 0.25) is 5.88 Å². The molecule has 0 unspecified atom stereocenters. The molecule has 1 N–H and O–H groups in total. The average Bonchev–Trinajstić information content (AvgIpc) is 3.15. The van der Waals surface area contributed by atoms with Crippen LogP contribution in [0.3, 0.4) is 0 Å². The van der Waals surface area contributed by atoms with Gasteiger partial charge in [-0.2, -0.15) is 0 Å². The minimum Gasteiger partial charge on any atom is -0.494 e. The summed E-state index contributed by atoms with van der Waals surface area (Å²) in [5, 5.41) is 6.52. The van der Waals surface area contributed by atoms with E-state index in [0.29, 0.717) is 31.3 Å². The number of nitrogens with one attached hydrogen (secondary N) is 1. The summed E-state index contributed by atoms with van der Waals surface area (Å²) in [6, 6.07) is 11.4. The van der Waals surface area contributed by atoms with Gasteiger partial charge in [0.05, 0.1) is 23.9 Å². The van der Waals surface area contributed by atoms with Gasteiger partial charge in [0.15, 0.2) is 5.96 Å². The normalized spacial score (nSPS) is 11.3. The Hall–Kier alpha value is -3.13. The summed E-state index contributed by atoms with van der Waals surface area (Å²) < 4.78 is 11.3. The standard InChI is InChI=1S/C22H27N5O2S/c1-5-28-19-6-8-20(9-7-19)29-21-12-17(10-11-24-21)13-25-22(23-3)27(4)14-18-15-30-16(2)26-18/h6-12,15H,5,13-14H2,1-4H3,(H,23,25). The van der Waals surface area contributed by atoms with Crippen molar-refractivity contribution in [2.24, 2.45) is 4.99 Å². The topological polar surface area (TPSA) is 71.9 Å². The number of hydrogen-bond acceptors (Lipinski definition) is 6. The number of ether oxygens (including phenoxy) is 2. The van der Waals surface area contributed by atoms with Crippen molar-refractivity contribution in [1.29, 1.82) is 0 Å². The molecule has 1 aromatic carbocycles. The van der Waals surface area contributed by atoms with Crippen LogP contribution in [-0.2, 0) is 13.1 Å². The van der Waals surface area contributed by atoms with E-state index in [1.54, 1.807) is 24.6 Å². The Bertz CT molecular complexity index is 972. The molecule has 3 aromatic rings. The van der Waals surface area contributed by atoms with Gasteiger partial charge in [-0.1, -0.05) is 0 Å². The molecule has 0 amide bonds. The lowest BCUT2D eigenvalue weighted by Crippen LogP contribution is -2.38. The highest BCUT2D eigenvalue weighted by Gasteiger charge is 2.09. The second-order valence-corrected chi connectivity index (χ2v) is 7.69. The summed E-state index contributed by atoms with van der Waals surface area (Å²) in [5.74, 6) is 2.87. The second kappa shape index (κ2) is 10.6. The average molecular weight is 426 g/mol. The predicted octanol–water partition coefficient (Wildman–Crippen LogP) is 4.24. The molecule has 158 valence electrons. The predicted molar refractivity (Wildman–Crippen MR) is 120 cm³/mol. The van der Waals surface area contributed by atoms with Gasteiger partial charge in [0.1, 0.15) is 11.5 Å². The number of aryl methyl sites for hydroxylation is 1. The van der Waals surface area contributed by atoms with Crippen LogP contribution in [0.1, 0.15) is 23.2 Å². The van der Waals surface area contributed by atoms with Crippen molar-refractivity contribution in [2.45, 2.75) is 26.9 Å². The third kappa shape index (κ3) is 6.18. The van der Waals surface area contributed by atoms with E-state index in [0.717, 1.165) is 28.0 Å². The lowest BCUT2D eigenvalue weighted by atomic mass is 10.2. The van der Waals surface area contributed by atoms with Crippen LogP contribution in [0.25, 0.3) is 0 Å². The van der Waals surface area contributed by atoms with Crippen LogP contribution in [0.2, 0.25) is 0 Å². The van der Waals surface area contributed by atoms with Crippen molar-refractivity contribution in [3.8, 4) is 17.4 Å². The molecule has 0 saturated carbocycles. The van der Waals surface area contributed by atoms with Gasteiger partial charge in [-0.15, -0.1) is 11.3 Å². The third-order valence-corrected chi connectivity index (χ3v) is 5.07. The van der Waals surface area contributed by atoms with Crippen molar-refractivity contribution in [3.05, 3.63) is 64.2 Å². The number of nitrogens with zero attached hydrogens (tertiary/aromatic N) is 4. The molecule has 0 fully saturated rings. The molecule has 30 heavy (non-hydrogen) atoms. The van der Waals surface area contributed by atoms with E-state index in [2.05, 4.69) is 25.7 Å². The summed E-state index contributed by atoms with van der Waals surface area (Å²) >= 11 is 1.66. The smallest absolute Gasteiger partial charge is 0.219 e. The van der Waals surface area contributed by atoms with Crippen molar-refractivity contribution >= 4 is 17.3 Å². The van der Waals surface area contributed by atoms with Crippen molar-refractivity contribution in [2.75, 3.05) is 20.7 Å². The molecule has 0 saturated heterocycles. The molecule has 0 aliphatic rings. The van der Waals surface area contributed by atoms with Gasteiger partial charge < -0.3 is 19.7 Å². The maximum Gasteiger partial charge on any atom is 0.219 e. The molecule has 0 aliphatic carbocycles. The molecule has 2 heterocycles. The fourth-order valence-corrected chi connectivity index (χ4v) is 3.48. The molecular weight excluding hydrogens is 398 g/mol. The first-order valence-electron chi connectivity index (χ1n) is 9.75. The Morgan fingerprint density at radius 3 is 2.63 bits per heavy atom. The number of guanidine groups is 1. The molecular formula is C22H27N5O2S. The number of hydrogen-bond donors (Lipinski definition) is 1. The molecule has 3 rings (SSSR count). The lowest BCUT2D eigenvalue weighted by Gasteiger charge is -2.21. The van der Waals surface area contributed by atoms with Gasteiger partial charge in [-0.05, 0) is 49.7 Å². The zero-order chi connectivity index (χ0) is 21.3. The molecule has 0 radical (unpaired) electrons. The molecule has 0 spiro atoms. The first-order chi connectivity index (χ1) is 14.6. The summed E-state index contributed by atoms with van der Waals surface area (Å²) in [5.41, 5.74) is 2.09. The van der Waals surface area contributed by atoms with Crippen LogP contribution in [0.5, 0.6) is 17.4 Å². The number of aliphatic imine (C=N–C) groups is 1. The first kappa shape index (κ1) is 21.6. The van der Waals surface area contributed by atoms with Gasteiger partial charge in [0.25, 0.3) is 0 Å². The Balaban J connectivity index is 1.57. The van der Waals surface area contributed by atoms with Crippen LogP contribution in [-0.4, -0.2) is 41.5 Å². The van der Waals surface area contributed by atoms with Crippen LogP contribution in [0, 0.1) is 6.92 Å². The van der Waals surface area contributed by atoms with Crippen molar-refractivity contribution in [3.63, 3.8) is 0 Å². The number of thiazole rings is 1. The van der Waals surface area contributed by atoms with E-state index in [-0.39, 0.29) is 0 Å². The molecule has 0 atom stereocenters. The Labute approximate surface area is 181 Å². The summed E-state index contributed by atoms with van der Waals surface area (Å²) in [6.07, 6.45) is 1.74. The Kier molecular flexibility index (Phi) is 7.62. The van der Waals surface area contributed by atoms with Crippen LogP contribution in [0.4, 0.5) is 0 Å². The van der Waals surface area contributed by atoms with Crippen LogP contribution >= 0.6 is 11.3 Å². The van der Waals surface area contributed by atoms with E-state index in [1.165, 1.54) is 0 Å². The second-order valence-electron chi connectivity index (χ2n) is 6.62. The highest BCUT2D eigenvalue weighted by molar-refractivity contribution is 7.09. The highest BCUT2D eigenvalue weighted by Crippen LogP contribution is 2.23. The van der Waals surface area contributed by atoms with Gasteiger partial charge in [-0.3, -0.25) is 4.99 Å². The van der Waals surface area contributed by atoms with Gasteiger partial charge in [0, 0.05) is 38.3 Å². The minimum atomic E-state index is 0.541. The number of aromatic nitrogens is 2. The number of rotatable bonds is 8. The van der Waals surface area contributed by atoms with Crippen molar-refractivity contribution < 1.29 is 9.47 Å². The molecule has 7 nitrogen and oxygen atoms in total. The zero-order valence-electron chi connectivity index (χ0n) is 17.8. The molecule has 2 aromatic heterocycles. The van der Waals surface area contributed by atoms with Gasteiger partial charge >= 0.3 is 0 Å². The van der Waals surface area contributed by atoms with E-state index in [1.807, 2.05) is 62.2 Å². The van der Waals surface area contributed by atoms with Crippen LogP contribution < -0.4 is 14.8 Å². The van der Waals surface area contributed by atoms with E-state index < -0.39 is 0 Å². The van der Waals surface area contributed by atoms with Crippen molar-refractivity contribution in [1.82, 2.24) is 20.2 Å². The molecule has 0 bridgehead atoms. The van der Waals surface area contributed by atoms with E-state index in [9.17, 15) is 0 Å². The minimum absolute atomic E-state index is 0.541. The molecule has 8 heteroatoms. The fraction of sp³-hybridized carbons (Fsp3) is 0.318. The monoisotopic (exact) mass is 425 g/mol. The zero-order valence-corrected chi connectivity index (χ0v) is 18.6. The summed E-state index contributed by atoms with van der Waals surface area (Å²) in [6.45, 7) is 5.91. The maximum absolute atomic E-state index is 5.87. The highest BCUT2D eigenvalue weighted by atomic mass is 32.1. The van der Waals surface area contributed by atoms with Crippen LogP contribution in [0.15, 0.2) is 53.0 Å². The number of benzene rings is 1. The van der Waals surface area contributed by atoms with E-state index >= 15 is 0 Å². The lowest BCUT2D eigenvalue weighted by molar-refractivity contribution is 0.339. The fourth-order valence-electron chi connectivity index (χ4n) is 2.87. The Morgan fingerprint density at radius 2 is 1.97 bits per heavy atom. The summed E-state index contributed by atoms with van der Waals surface area (Å²) in [7, 11) is 3.77. The van der Waals surface area contributed by atoms with E-state index in [4.69, 9.17) is 9.47 Å². The SMILES string of the molecule is CCOc1ccc(Oc2cc(CNC(=NC)N(C)Cc3csc(C)n3)ccn2)cc1. The quantitative estimate of drug-likeness (QED) is 0.430. The van der Waals surface area contributed by atoms with Gasteiger partial charge in [-0.25, -0.2) is 9.97 Å².